The Balaban J connectivity index is 0.000000843. The highest BCUT2D eigenvalue weighted by Gasteiger charge is 2.47. The number of hydrogen-bond donors (Lipinski definition) is 0. The van der Waals surface area contributed by atoms with Crippen LogP contribution < -0.4 is 0 Å². The van der Waals surface area contributed by atoms with Crippen molar-refractivity contribution >= 4 is 49.0 Å². The summed E-state index contributed by atoms with van der Waals surface area (Å²) in [6.07, 6.45) is 15.5. The quantitative estimate of drug-likeness (QED) is 0.170. The lowest BCUT2D eigenvalue weighted by atomic mass is 9.76. The maximum atomic E-state index is 2.45. The van der Waals surface area contributed by atoms with Crippen molar-refractivity contribution in [3.05, 3.63) is 161 Å². The van der Waals surface area contributed by atoms with Gasteiger partial charge in [0.25, 0.3) is 0 Å². The van der Waals surface area contributed by atoms with Gasteiger partial charge in [-0.1, -0.05) is 167 Å². The number of allylic oxidation sites excluding steroid dienone is 8. The van der Waals surface area contributed by atoms with Gasteiger partial charge in [-0.25, -0.2) is 0 Å². The van der Waals surface area contributed by atoms with Crippen LogP contribution in [0.3, 0.4) is 0 Å². The Kier molecular flexibility index (Phi) is 8.42. The SMILES string of the molecule is C1=CC2=C(CC1)C1CC1c1cccc(-c3c4ccccc4c(C4=CC=C(c5cccc6ccccc56)CC4)c4ccccc34)c12.CC.CC. The fourth-order valence-electron chi connectivity index (χ4n) is 8.96. The molecule has 0 heterocycles. The smallest absolute Gasteiger partial charge is 0.00200 e. The molecule has 2 atom stereocenters. The molecule has 0 spiro atoms. The van der Waals surface area contributed by atoms with E-state index in [4.69, 9.17) is 0 Å². The van der Waals surface area contributed by atoms with Crippen molar-refractivity contribution in [3.63, 3.8) is 0 Å². The molecule has 0 bridgehead atoms. The van der Waals surface area contributed by atoms with Gasteiger partial charge in [-0.2, -0.15) is 0 Å². The number of rotatable bonds is 3. The second-order valence-corrected chi connectivity index (χ2v) is 13.4. The zero-order valence-corrected chi connectivity index (χ0v) is 29.4. The van der Waals surface area contributed by atoms with Crippen LogP contribution in [0.5, 0.6) is 0 Å². The van der Waals surface area contributed by atoms with Gasteiger partial charge in [0, 0.05) is 0 Å². The van der Waals surface area contributed by atoms with Crippen molar-refractivity contribution in [3.8, 4) is 11.1 Å². The summed E-state index contributed by atoms with van der Waals surface area (Å²) in [4.78, 5) is 0. The summed E-state index contributed by atoms with van der Waals surface area (Å²) in [6.45, 7) is 8.00. The Labute approximate surface area is 292 Å². The van der Waals surface area contributed by atoms with E-state index < -0.39 is 0 Å². The van der Waals surface area contributed by atoms with Gasteiger partial charge in [0.1, 0.15) is 0 Å². The first kappa shape index (κ1) is 31.3. The molecule has 1 fully saturated rings. The first-order valence-corrected chi connectivity index (χ1v) is 18.7. The summed E-state index contributed by atoms with van der Waals surface area (Å²) in [5, 5.41) is 8.12. The normalized spacial score (nSPS) is 18.7. The lowest BCUT2D eigenvalue weighted by molar-refractivity contribution is 0.817. The first-order valence-electron chi connectivity index (χ1n) is 18.7. The Bertz CT molecular complexity index is 2290. The summed E-state index contributed by atoms with van der Waals surface area (Å²) in [6, 6.07) is 41.0. The van der Waals surface area contributed by atoms with Crippen molar-refractivity contribution in [2.75, 3.05) is 0 Å². The van der Waals surface area contributed by atoms with Gasteiger partial charge in [0.05, 0.1) is 0 Å². The Morgan fingerprint density at radius 3 is 1.73 bits per heavy atom. The van der Waals surface area contributed by atoms with Crippen LogP contribution in [0.1, 0.15) is 88.0 Å². The molecule has 6 aromatic carbocycles. The van der Waals surface area contributed by atoms with Gasteiger partial charge in [-0.3, -0.25) is 0 Å². The summed E-state index contributed by atoms with van der Waals surface area (Å²) >= 11 is 0. The van der Waals surface area contributed by atoms with E-state index in [1.54, 1.807) is 11.1 Å². The van der Waals surface area contributed by atoms with E-state index in [1.165, 1.54) is 96.1 Å². The average molecular weight is 635 g/mol. The minimum absolute atomic E-state index is 0.706. The lowest BCUT2D eigenvalue weighted by Crippen LogP contribution is -2.08. The molecule has 0 saturated heterocycles. The maximum Gasteiger partial charge on any atom is -0.00200 e. The third-order valence-electron chi connectivity index (χ3n) is 11.0. The molecule has 2 unspecified atom stereocenters. The third kappa shape index (κ3) is 5.12. The third-order valence-corrected chi connectivity index (χ3v) is 11.0. The van der Waals surface area contributed by atoms with E-state index in [2.05, 4.69) is 133 Å². The summed E-state index contributed by atoms with van der Waals surface area (Å²) in [5.41, 5.74) is 14.8. The maximum absolute atomic E-state index is 2.45. The molecule has 1 saturated carbocycles. The number of hydrogen-bond acceptors (Lipinski definition) is 0. The molecule has 4 aliphatic carbocycles. The standard InChI is InChI=1S/C45H34.2C2H6/c1-2-13-31-28(11-1)12-9-20-32(31)29-23-25-30(26-24-29)43-35-16-5-7-18-37(35)45(38-19-8-6-17-36(38)43)40-22-10-21-39-42-27-41(42)33-14-3-4-15-34(33)44(39)40;2*1-2/h1-2,4-13,15-23,25,41-42H,3,14,24,26-27H2;2*1-2H3. The molecule has 49 heavy (non-hydrogen) atoms. The lowest BCUT2D eigenvalue weighted by Gasteiger charge is -2.28. The molecule has 6 aromatic rings. The number of fused-ring (bicyclic) bond motifs is 8. The Hall–Kier alpha value is -4.94. The molecular formula is C49H46. The molecule has 0 heteroatoms. The fourth-order valence-corrected chi connectivity index (χ4v) is 8.96. The summed E-state index contributed by atoms with van der Waals surface area (Å²) in [5.74, 6) is 1.48. The van der Waals surface area contributed by atoms with E-state index in [0.29, 0.717) is 5.92 Å². The Morgan fingerprint density at radius 2 is 1.04 bits per heavy atom. The van der Waals surface area contributed by atoms with Crippen molar-refractivity contribution in [1.82, 2.24) is 0 Å². The molecule has 0 nitrogen and oxygen atoms in total. The second kappa shape index (κ2) is 13.2. The average Bonchev–Trinajstić information content (AvgIpc) is 4.00. The molecule has 4 aliphatic rings. The van der Waals surface area contributed by atoms with Crippen LogP contribution in [0.25, 0.3) is 60.2 Å². The second-order valence-electron chi connectivity index (χ2n) is 13.4. The Morgan fingerprint density at radius 1 is 0.469 bits per heavy atom. The molecule has 10 rings (SSSR count). The van der Waals surface area contributed by atoms with Crippen LogP contribution in [-0.4, -0.2) is 0 Å². The molecular weight excluding hydrogens is 589 g/mol. The predicted molar refractivity (Wildman–Crippen MR) is 215 cm³/mol. The highest BCUT2D eigenvalue weighted by atomic mass is 14.5. The predicted octanol–water partition coefficient (Wildman–Crippen LogP) is 14.3. The largest absolute Gasteiger partial charge is 0.0836 e. The van der Waals surface area contributed by atoms with Crippen LogP contribution in [-0.2, 0) is 0 Å². The zero-order chi connectivity index (χ0) is 33.5. The van der Waals surface area contributed by atoms with Gasteiger partial charge in [-0.05, 0) is 126 Å². The van der Waals surface area contributed by atoms with Gasteiger partial charge in [-0.15, -0.1) is 0 Å². The van der Waals surface area contributed by atoms with E-state index in [-0.39, 0.29) is 0 Å². The van der Waals surface area contributed by atoms with Crippen molar-refractivity contribution in [1.29, 1.82) is 0 Å². The van der Waals surface area contributed by atoms with Crippen molar-refractivity contribution in [2.45, 2.75) is 65.7 Å². The van der Waals surface area contributed by atoms with Crippen molar-refractivity contribution in [2.24, 2.45) is 5.92 Å². The zero-order valence-electron chi connectivity index (χ0n) is 29.4. The van der Waals surface area contributed by atoms with Crippen LogP contribution in [0.4, 0.5) is 0 Å². The fraction of sp³-hybridized carbons (Fsp3) is 0.224. The molecule has 0 amide bonds. The van der Waals surface area contributed by atoms with Gasteiger partial charge < -0.3 is 0 Å². The van der Waals surface area contributed by atoms with Gasteiger partial charge in [0.2, 0.25) is 0 Å². The molecule has 242 valence electrons. The van der Waals surface area contributed by atoms with E-state index >= 15 is 0 Å². The van der Waals surface area contributed by atoms with Gasteiger partial charge in [0.15, 0.2) is 0 Å². The number of benzene rings is 6. The van der Waals surface area contributed by atoms with E-state index in [9.17, 15) is 0 Å². The molecule has 0 aliphatic heterocycles. The molecule has 0 aromatic heterocycles. The van der Waals surface area contributed by atoms with Crippen LogP contribution >= 0.6 is 0 Å². The highest BCUT2D eigenvalue weighted by molar-refractivity contribution is 6.20. The minimum atomic E-state index is 0.706. The van der Waals surface area contributed by atoms with Crippen LogP contribution in [0.2, 0.25) is 0 Å². The summed E-state index contributed by atoms with van der Waals surface area (Å²) in [7, 11) is 0. The van der Waals surface area contributed by atoms with Crippen LogP contribution in [0.15, 0.2) is 139 Å². The van der Waals surface area contributed by atoms with Gasteiger partial charge >= 0.3 is 0 Å². The molecule has 0 N–H and O–H groups in total. The van der Waals surface area contributed by atoms with Crippen LogP contribution in [0, 0.1) is 5.92 Å². The monoisotopic (exact) mass is 634 g/mol. The molecule has 0 radical (unpaired) electrons. The topological polar surface area (TPSA) is 0 Å². The first-order chi connectivity index (χ1) is 24.3. The minimum Gasteiger partial charge on any atom is -0.0836 e. The van der Waals surface area contributed by atoms with Crippen molar-refractivity contribution < 1.29 is 0 Å². The van der Waals surface area contributed by atoms with E-state index in [1.807, 2.05) is 27.7 Å². The highest BCUT2D eigenvalue weighted by Crippen LogP contribution is 2.62. The summed E-state index contributed by atoms with van der Waals surface area (Å²) < 4.78 is 0. The van der Waals surface area contributed by atoms with E-state index in [0.717, 1.165) is 18.8 Å².